The molecule has 0 bridgehead atoms. The number of amides is 1. The number of likely N-dealkylation sites (N-methyl/N-ethyl adjacent to an activating group) is 1. The second kappa shape index (κ2) is 8.77. The molecule has 140 valence electrons. The zero-order valence-corrected chi connectivity index (χ0v) is 15.4. The minimum atomic E-state index is -3.79. The first-order valence-corrected chi connectivity index (χ1v) is 9.60. The Morgan fingerprint density at radius 2 is 1.69 bits per heavy atom. The Kier molecular flexibility index (Phi) is 6.70. The molecule has 0 fully saturated rings. The second-order valence-corrected chi connectivity index (χ2v) is 7.61. The summed E-state index contributed by atoms with van der Waals surface area (Å²) in [5, 5.41) is 5.85. The van der Waals surface area contributed by atoms with Crippen molar-refractivity contribution in [3.8, 4) is 0 Å². The number of carbonyl (C=O) groups is 1. The summed E-state index contributed by atoms with van der Waals surface area (Å²) in [4.78, 5) is 11.9. The zero-order chi connectivity index (χ0) is 19.2. The molecule has 0 heterocycles. The molecule has 1 amide bonds. The molecule has 2 rings (SSSR count). The molecule has 2 aromatic rings. The summed E-state index contributed by atoms with van der Waals surface area (Å²) < 4.78 is 39.8. The quantitative estimate of drug-likeness (QED) is 0.654. The highest BCUT2D eigenvalue weighted by atomic mass is 32.2. The van der Waals surface area contributed by atoms with E-state index in [9.17, 15) is 17.6 Å². The van der Waals surface area contributed by atoms with E-state index < -0.39 is 15.8 Å². The molecule has 0 aliphatic rings. The first-order valence-electron chi connectivity index (χ1n) is 8.11. The molecule has 0 saturated carbocycles. The smallest absolute Gasteiger partial charge is 0.261 e. The van der Waals surface area contributed by atoms with Crippen LogP contribution < -0.4 is 15.4 Å². The molecule has 0 saturated heterocycles. The summed E-state index contributed by atoms with van der Waals surface area (Å²) in [6.45, 7) is 2.49. The Bertz CT molecular complexity index is 837. The van der Waals surface area contributed by atoms with Crippen molar-refractivity contribution in [3.05, 3.63) is 59.9 Å². The highest BCUT2D eigenvalue weighted by molar-refractivity contribution is 7.92. The van der Waals surface area contributed by atoms with Crippen LogP contribution in [0.5, 0.6) is 0 Å². The van der Waals surface area contributed by atoms with Crippen LogP contribution in [-0.4, -0.2) is 34.0 Å². The monoisotopic (exact) mass is 379 g/mol. The van der Waals surface area contributed by atoms with Gasteiger partial charge in [-0.15, -0.1) is 0 Å². The summed E-state index contributed by atoms with van der Waals surface area (Å²) in [6, 6.07) is 11.3. The maximum absolute atomic E-state index is 12.9. The number of benzene rings is 2. The third-order valence-electron chi connectivity index (χ3n) is 3.79. The van der Waals surface area contributed by atoms with E-state index in [0.717, 1.165) is 17.7 Å². The van der Waals surface area contributed by atoms with Gasteiger partial charge in [-0.3, -0.25) is 9.52 Å². The number of carbonyl (C=O) groups excluding carboxylic acids is 1. The van der Waals surface area contributed by atoms with Crippen LogP contribution in [0.1, 0.15) is 12.5 Å². The van der Waals surface area contributed by atoms with Crippen molar-refractivity contribution in [2.75, 3.05) is 18.3 Å². The summed E-state index contributed by atoms with van der Waals surface area (Å²) in [6.07, 6.45) is 0.210. The van der Waals surface area contributed by atoms with E-state index in [1.165, 1.54) is 12.1 Å². The summed E-state index contributed by atoms with van der Waals surface area (Å²) in [7, 11) is -1.97. The third kappa shape index (κ3) is 5.82. The van der Waals surface area contributed by atoms with Crippen LogP contribution in [0.3, 0.4) is 0 Å². The maximum atomic E-state index is 12.9. The van der Waals surface area contributed by atoms with Crippen LogP contribution in [0.25, 0.3) is 0 Å². The molecule has 3 N–H and O–H groups in total. The van der Waals surface area contributed by atoms with Crippen molar-refractivity contribution in [1.29, 1.82) is 0 Å². The molecule has 1 atom stereocenters. The van der Waals surface area contributed by atoms with Gasteiger partial charge >= 0.3 is 0 Å². The first-order chi connectivity index (χ1) is 12.3. The summed E-state index contributed by atoms with van der Waals surface area (Å²) >= 11 is 0. The van der Waals surface area contributed by atoms with Gasteiger partial charge in [-0.2, -0.15) is 0 Å². The fourth-order valence-corrected chi connectivity index (χ4v) is 3.19. The third-order valence-corrected chi connectivity index (χ3v) is 5.19. The van der Waals surface area contributed by atoms with Gasteiger partial charge in [-0.05, 0) is 55.9 Å². The molecule has 6 nitrogen and oxygen atoms in total. The molecule has 0 aliphatic carbocycles. The fraction of sp³-hybridized carbons (Fsp3) is 0.278. The van der Waals surface area contributed by atoms with Crippen LogP contribution in [-0.2, 0) is 21.2 Å². The van der Waals surface area contributed by atoms with Crippen LogP contribution in [0, 0.1) is 5.82 Å². The highest BCUT2D eigenvalue weighted by Crippen LogP contribution is 2.17. The minimum Gasteiger partial charge on any atom is -0.354 e. The molecular formula is C18H22FN3O3S. The Hall–Kier alpha value is -2.45. The number of hydrogen-bond acceptors (Lipinski definition) is 4. The van der Waals surface area contributed by atoms with Gasteiger partial charge in [0.2, 0.25) is 5.91 Å². The molecule has 0 aliphatic heterocycles. The van der Waals surface area contributed by atoms with Crippen LogP contribution in [0.4, 0.5) is 10.1 Å². The molecule has 1 unspecified atom stereocenters. The van der Waals surface area contributed by atoms with E-state index in [4.69, 9.17) is 0 Å². The van der Waals surface area contributed by atoms with Crippen molar-refractivity contribution < 1.29 is 17.6 Å². The average Bonchev–Trinajstić information content (AvgIpc) is 2.61. The average molecular weight is 379 g/mol. The number of sulfonamides is 1. The van der Waals surface area contributed by atoms with E-state index in [0.29, 0.717) is 12.2 Å². The lowest BCUT2D eigenvalue weighted by atomic mass is 10.1. The van der Waals surface area contributed by atoms with Crippen molar-refractivity contribution in [2.24, 2.45) is 0 Å². The molecule has 8 heteroatoms. The number of halogens is 1. The summed E-state index contributed by atoms with van der Waals surface area (Å²) in [5.74, 6) is -0.609. The predicted octanol–water partition coefficient (Wildman–Crippen LogP) is 1.89. The summed E-state index contributed by atoms with van der Waals surface area (Å²) in [5.41, 5.74) is 1.13. The largest absolute Gasteiger partial charge is 0.354 e. The van der Waals surface area contributed by atoms with Gasteiger partial charge in [0.15, 0.2) is 0 Å². The lowest BCUT2D eigenvalue weighted by molar-refractivity contribution is -0.120. The van der Waals surface area contributed by atoms with Crippen LogP contribution in [0.15, 0.2) is 53.4 Å². The Balaban J connectivity index is 1.96. The molecule has 0 aromatic heterocycles. The van der Waals surface area contributed by atoms with Gasteiger partial charge in [-0.25, -0.2) is 12.8 Å². The van der Waals surface area contributed by atoms with Gasteiger partial charge in [0.25, 0.3) is 10.0 Å². The molecule has 26 heavy (non-hydrogen) atoms. The van der Waals surface area contributed by atoms with Crippen LogP contribution >= 0.6 is 0 Å². The fourth-order valence-electron chi connectivity index (χ4n) is 2.14. The molecule has 0 spiro atoms. The van der Waals surface area contributed by atoms with E-state index in [1.54, 1.807) is 24.3 Å². The minimum absolute atomic E-state index is 0.0268. The second-order valence-electron chi connectivity index (χ2n) is 5.93. The zero-order valence-electron chi connectivity index (χ0n) is 14.6. The van der Waals surface area contributed by atoms with Gasteiger partial charge in [0, 0.05) is 18.3 Å². The van der Waals surface area contributed by atoms with Crippen molar-refractivity contribution in [2.45, 2.75) is 24.3 Å². The normalized spacial score (nSPS) is 12.4. The predicted molar refractivity (Wildman–Crippen MR) is 98.9 cm³/mol. The standard InChI is InChI=1S/C18H22FN3O3S/c1-13(20-2)12-21-18(23)11-14-3-7-16(8-4-14)22-26(24,25)17-9-5-15(19)6-10-17/h3-10,13,20,22H,11-12H2,1-2H3,(H,21,23). The Morgan fingerprint density at radius 3 is 2.27 bits per heavy atom. The van der Waals surface area contributed by atoms with Gasteiger partial charge in [0.1, 0.15) is 5.82 Å². The van der Waals surface area contributed by atoms with Gasteiger partial charge in [0.05, 0.1) is 11.3 Å². The molecule has 0 radical (unpaired) electrons. The number of nitrogens with one attached hydrogen (secondary N) is 3. The topological polar surface area (TPSA) is 87.3 Å². The molecule has 2 aromatic carbocycles. The number of rotatable bonds is 8. The van der Waals surface area contributed by atoms with Gasteiger partial charge < -0.3 is 10.6 Å². The molecular weight excluding hydrogens is 357 g/mol. The lowest BCUT2D eigenvalue weighted by Crippen LogP contribution is -2.37. The van der Waals surface area contributed by atoms with Crippen molar-refractivity contribution in [1.82, 2.24) is 10.6 Å². The Labute approximate surface area is 152 Å². The number of hydrogen-bond donors (Lipinski definition) is 3. The Morgan fingerprint density at radius 1 is 1.08 bits per heavy atom. The van der Waals surface area contributed by atoms with E-state index >= 15 is 0 Å². The maximum Gasteiger partial charge on any atom is 0.261 e. The highest BCUT2D eigenvalue weighted by Gasteiger charge is 2.14. The van der Waals surface area contributed by atoms with Crippen molar-refractivity contribution in [3.63, 3.8) is 0 Å². The van der Waals surface area contributed by atoms with Crippen molar-refractivity contribution >= 4 is 21.6 Å². The van der Waals surface area contributed by atoms with E-state index in [1.807, 2.05) is 14.0 Å². The van der Waals surface area contributed by atoms with Crippen LogP contribution in [0.2, 0.25) is 0 Å². The SMILES string of the molecule is CNC(C)CNC(=O)Cc1ccc(NS(=O)(=O)c2ccc(F)cc2)cc1. The number of anilines is 1. The lowest BCUT2D eigenvalue weighted by Gasteiger charge is -2.12. The first kappa shape index (κ1) is 19.9. The van der Waals surface area contributed by atoms with E-state index in [-0.39, 0.29) is 23.3 Å². The van der Waals surface area contributed by atoms with E-state index in [2.05, 4.69) is 15.4 Å². The van der Waals surface area contributed by atoms with Gasteiger partial charge in [-0.1, -0.05) is 12.1 Å².